The quantitative estimate of drug-likeness (QED) is 0.337. The third kappa shape index (κ3) is 47.7. The lowest BCUT2D eigenvalue weighted by atomic mass is 13.4. The molecule has 0 radical (unpaired) electrons. The van der Waals surface area contributed by atoms with Gasteiger partial charge in [0.15, 0.2) is 5.34 Å². The van der Waals surface area contributed by atoms with Crippen LogP contribution in [0.3, 0.4) is 0 Å². The molecule has 42 valence electrons. The summed E-state index contributed by atoms with van der Waals surface area (Å²) in [6.07, 6.45) is 0. The van der Waals surface area contributed by atoms with Crippen molar-refractivity contribution >= 4 is 10.6 Å². The summed E-state index contributed by atoms with van der Waals surface area (Å²) in [6.45, 7) is 0. The molecule has 0 heterocycles. The van der Waals surface area contributed by atoms with Crippen molar-refractivity contribution in [3.8, 4) is 0 Å². The Morgan fingerprint density at radius 2 is 1.29 bits per heavy atom. The minimum absolute atomic E-state index is 1.25. The fourth-order valence-electron chi connectivity index (χ4n) is 0. The van der Waals surface area contributed by atoms with E-state index in [1.165, 1.54) is 5.34 Å². The van der Waals surface area contributed by atoms with Gasteiger partial charge in [0, 0.05) is 0 Å². The van der Waals surface area contributed by atoms with Crippen LogP contribution in [0, 0.1) is 4.91 Å². The van der Waals surface area contributed by atoms with E-state index in [1.807, 2.05) is 0 Å². The largest absolute Gasteiger partial charge is 0.425 e. The first kappa shape index (κ1) is 9.39. The lowest BCUT2D eigenvalue weighted by molar-refractivity contribution is 0.312. The standard InChI is InChI=1S/HNO2.O3S/c2-1-3;1-4(2)3/h(H,2,3);. The van der Waals surface area contributed by atoms with Crippen LogP contribution in [0.4, 0.5) is 0 Å². The molecule has 0 amide bonds. The minimum Gasteiger partial charge on any atom is -0.379 e. The Morgan fingerprint density at radius 1 is 1.29 bits per heavy atom. The smallest absolute Gasteiger partial charge is 0.379 e. The molecule has 0 spiro atoms. The van der Waals surface area contributed by atoms with Crippen LogP contribution in [0.25, 0.3) is 0 Å². The fourth-order valence-corrected chi connectivity index (χ4v) is 0. The van der Waals surface area contributed by atoms with Crippen LogP contribution in [-0.4, -0.2) is 17.8 Å². The van der Waals surface area contributed by atoms with Gasteiger partial charge in [-0.05, 0) is 0 Å². The molecule has 0 aromatic rings. The molecule has 6 nitrogen and oxygen atoms in total. The summed E-state index contributed by atoms with van der Waals surface area (Å²) in [4.78, 5) is 8.11. The Hall–Kier alpha value is -0.980. The maximum atomic E-state index is 8.44. The van der Waals surface area contributed by atoms with Crippen molar-refractivity contribution in [1.82, 2.24) is 0 Å². The van der Waals surface area contributed by atoms with Crippen LogP contribution in [-0.2, 0) is 10.6 Å². The van der Waals surface area contributed by atoms with E-state index in [0.717, 1.165) is 0 Å². The van der Waals surface area contributed by atoms with Crippen molar-refractivity contribution in [2.24, 2.45) is 5.34 Å². The molecule has 0 atom stereocenters. The van der Waals surface area contributed by atoms with Crippen LogP contribution in [0.5, 0.6) is 0 Å². The van der Waals surface area contributed by atoms with Gasteiger partial charge in [-0.2, -0.15) is 0 Å². The molecule has 0 saturated heterocycles. The normalized spacial score (nSPS) is 5.14. The van der Waals surface area contributed by atoms with Crippen LogP contribution in [0.1, 0.15) is 0 Å². The maximum absolute atomic E-state index is 8.44. The predicted octanol–water partition coefficient (Wildman–Crippen LogP) is -0.862. The van der Waals surface area contributed by atoms with Gasteiger partial charge < -0.3 is 5.21 Å². The monoisotopic (exact) mass is 127 g/mol. The fraction of sp³-hybridized carbons (Fsp3) is 0. The van der Waals surface area contributed by atoms with Gasteiger partial charge in [0.25, 0.3) is 0 Å². The highest BCUT2D eigenvalue weighted by atomic mass is 32.2. The lowest BCUT2D eigenvalue weighted by Crippen LogP contribution is -1.40. The Labute approximate surface area is 39.8 Å². The molecule has 0 rings (SSSR count). The van der Waals surface area contributed by atoms with E-state index in [9.17, 15) is 0 Å². The summed E-state index contributed by atoms with van der Waals surface area (Å²) in [5.41, 5.74) is 0. The van der Waals surface area contributed by atoms with Gasteiger partial charge >= 0.3 is 10.6 Å². The van der Waals surface area contributed by atoms with Gasteiger partial charge in [0.05, 0.1) is 0 Å². The Bertz CT molecular complexity index is 108. The van der Waals surface area contributed by atoms with Crippen molar-refractivity contribution in [1.29, 1.82) is 0 Å². The second-order valence-electron chi connectivity index (χ2n) is 0.286. The van der Waals surface area contributed by atoms with Gasteiger partial charge in [-0.1, -0.05) is 0 Å². The summed E-state index contributed by atoms with van der Waals surface area (Å²) in [6, 6.07) is 0. The highest BCUT2D eigenvalue weighted by Crippen LogP contribution is 1.25. The minimum atomic E-state index is -3.11. The summed E-state index contributed by atoms with van der Waals surface area (Å²) >= 11 is 0. The number of nitrogens with zero attached hydrogens (tertiary/aromatic N) is 1. The zero-order valence-corrected chi connectivity index (χ0v) is 3.75. The van der Waals surface area contributed by atoms with E-state index in [-0.39, 0.29) is 0 Å². The van der Waals surface area contributed by atoms with E-state index >= 15 is 0 Å². The molecule has 0 saturated carbocycles. The van der Waals surface area contributed by atoms with Crippen molar-refractivity contribution in [2.45, 2.75) is 0 Å². The average Bonchev–Trinajstić information content (AvgIpc) is 1.33. The Balaban J connectivity index is 0. The highest BCUT2D eigenvalue weighted by molar-refractivity contribution is 7.59. The zero-order chi connectivity index (χ0) is 6.28. The summed E-state index contributed by atoms with van der Waals surface area (Å²) in [7, 11) is -3.11. The molecule has 0 unspecified atom stereocenters. The molecule has 7 heavy (non-hydrogen) atoms. The second kappa shape index (κ2) is 8.89. The molecule has 1 N–H and O–H groups in total. The van der Waals surface area contributed by atoms with Crippen molar-refractivity contribution in [3.63, 3.8) is 0 Å². The summed E-state index contributed by atoms with van der Waals surface area (Å²) in [5.74, 6) is 0. The third-order valence-electron chi connectivity index (χ3n) is 0. The first-order valence-corrected chi connectivity index (χ1v) is 1.88. The average molecular weight is 127 g/mol. The van der Waals surface area contributed by atoms with E-state index in [2.05, 4.69) is 0 Å². The molecule has 0 aromatic carbocycles. The predicted molar refractivity (Wildman–Crippen MR) is 17.3 cm³/mol. The van der Waals surface area contributed by atoms with Crippen molar-refractivity contribution in [2.75, 3.05) is 0 Å². The molecule has 0 aliphatic heterocycles. The first-order chi connectivity index (χ1) is 3.15. The molecular weight excluding hydrogens is 126 g/mol. The summed E-state index contributed by atoms with van der Waals surface area (Å²) in [5, 5.41) is 7.89. The third-order valence-corrected chi connectivity index (χ3v) is 0. The van der Waals surface area contributed by atoms with Crippen LogP contribution in [0.15, 0.2) is 5.34 Å². The SMILES string of the molecule is O=NO.O=S(=O)=O. The van der Waals surface area contributed by atoms with Crippen LogP contribution >= 0.6 is 0 Å². The van der Waals surface area contributed by atoms with Gasteiger partial charge in [-0.3, -0.25) is 0 Å². The van der Waals surface area contributed by atoms with Gasteiger partial charge in [-0.25, -0.2) is 0 Å². The van der Waals surface area contributed by atoms with E-state index in [1.54, 1.807) is 0 Å². The zero-order valence-electron chi connectivity index (χ0n) is 2.94. The van der Waals surface area contributed by atoms with Gasteiger partial charge in [-0.15, -0.1) is 17.5 Å². The van der Waals surface area contributed by atoms with Crippen molar-refractivity contribution < 1.29 is 17.8 Å². The summed E-state index contributed by atoms with van der Waals surface area (Å²) < 4.78 is 25.3. The topological polar surface area (TPSA) is 101 Å². The van der Waals surface area contributed by atoms with Crippen molar-refractivity contribution in [3.05, 3.63) is 4.91 Å². The second-order valence-corrected chi connectivity index (χ2v) is 0.694. The molecule has 0 bridgehead atoms. The van der Waals surface area contributed by atoms with Crippen LogP contribution in [0.2, 0.25) is 0 Å². The molecule has 0 aliphatic rings. The van der Waals surface area contributed by atoms with Crippen LogP contribution < -0.4 is 0 Å². The Morgan fingerprint density at radius 3 is 1.29 bits per heavy atom. The lowest BCUT2D eigenvalue weighted by Gasteiger charge is -1.32. The number of hydrogen-bond donors (Lipinski definition) is 1. The molecular formula is HNO5S. The van der Waals surface area contributed by atoms with E-state index in [4.69, 9.17) is 22.7 Å². The molecule has 7 heteroatoms. The van der Waals surface area contributed by atoms with E-state index in [0.29, 0.717) is 0 Å². The first-order valence-electron chi connectivity index (χ1n) is 0.883. The maximum Gasteiger partial charge on any atom is 0.425 e. The Kier molecular flexibility index (Phi) is 11.9. The van der Waals surface area contributed by atoms with E-state index < -0.39 is 10.6 Å². The molecule has 0 aromatic heterocycles. The van der Waals surface area contributed by atoms with Gasteiger partial charge in [0.1, 0.15) is 0 Å². The number of hydrogen-bond acceptors (Lipinski definition) is 5. The number of rotatable bonds is 0. The molecule has 0 aliphatic carbocycles. The molecule has 0 fully saturated rings. The van der Waals surface area contributed by atoms with Gasteiger partial charge in [0.2, 0.25) is 0 Å². The highest BCUT2D eigenvalue weighted by Gasteiger charge is 1.40.